The van der Waals surface area contributed by atoms with Crippen LogP contribution in [0.4, 0.5) is 0 Å². The van der Waals surface area contributed by atoms with Gasteiger partial charge in [-0.05, 0) is 103 Å². The van der Waals surface area contributed by atoms with Crippen LogP contribution in [0.25, 0.3) is 0 Å². The Balaban J connectivity index is -0.0000173. The van der Waals surface area contributed by atoms with E-state index in [1.165, 1.54) is 38.5 Å². The fourth-order valence-electron chi connectivity index (χ4n) is 11.2. The molecule has 0 heterocycles. The number of carbonyl (C=O) groups excluding carboxylic acids is 6. The second kappa shape index (κ2) is 78.6. The summed E-state index contributed by atoms with van der Waals surface area (Å²) in [6.45, 7) is 9.66. The molecular formula is C78H148N4Na2O20P2. The minimum Gasteiger partial charge on any atom is -0.756 e. The molecule has 0 aliphatic rings. The molecular weight excluding hydrogens is 1420 g/mol. The fraction of sp³-hybridized carbons (Fsp3) is 0.872. The first-order chi connectivity index (χ1) is 49.7. The van der Waals surface area contributed by atoms with Crippen LogP contribution in [0, 0.1) is 0 Å². The minimum atomic E-state index is -5.06. The molecule has 28 heteroatoms. The summed E-state index contributed by atoms with van der Waals surface area (Å²) in [6, 6.07) is -2.01. The third kappa shape index (κ3) is 75.1. The van der Waals surface area contributed by atoms with Gasteiger partial charge in [-0.3, -0.25) is 37.9 Å². The second-order valence-corrected chi connectivity index (χ2v) is 30.3. The molecule has 0 radical (unpaired) electrons. The Morgan fingerprint density at radius 3 is 1.01 bits per heavy atom. The number of unbranched alkanes of at least 4 members (excludes halogenated alkanes) is 26. The van der Waals surface area contributed by atoms with Crippen LogP contribution >= 0.6 is 15.6 Å². The topological polar surface area (TPSA) is 345 Å². The van der Waals surface area contributed by atoms with Gasteiger partial charge in [0.1, 0.15) is 18.6 Å². The molecule has 0 aromatic carbocycles. The number of phosphoric acid groups is 2. The fourth-order valence-corrected chi connectivity index (χ4v) is 12.7. The molecule has 4 unspecified atom stereocenters. The van der Waals surface area contributed by atoms with E-state index in [2.05, 4.69) is 87.1 Å². The summed E-state index contributed by atoms with van der Waals surface area (Å²) in [7, 11) is -10.1. The van der Waals surface area contributed by atoms with Crippen LogP contribution in [0.3, 0.4) is 0 Å². The van der Waals surface area contributed by atoms with Crippen molar-refractivity contribution in [2.45, 2.75) is 374 Å². The van der Waals surface area contributed by atoms with Crippen molar-refractivity contribution in [1.29, 1.82) is 0 Å². The van der Waals surface area contributed by atoms with Gasteiger partial charge in [-0.1, -0.05) is 227 Å². The Morgan fingerprint density at radius 2 is 0.679 bits per heavy atom. The number of esters is 2. The molecule has 0 aliphatic carbocycles. The second-order valence-electron chi connectivity index (χ2n) is 27.5. The molecule has 612 valence electrons. The number of aliphatic hydroxyl groups excluding tert-OH is 2. The van der Waals surface area contributed by atoms with E-state index in [1.54, 1.807) is 0 Å². The van der Waals surface area contributed by atoms with Crippen LogP contribution in [-0.4, -0.2) is 148 Å². The molecule has 0 aromatic heterocycles. The SMILES string of the molecule is C.CCCCCC/C=C\CCCC(=O)O[C@H](CCCCCCC)CC(=O)NC(COCC[C@H](O)CCCCCCC)COP(=O)([O-])OCCNC(=O)CC(=O)NCCOP(=O)([O-])OCC(COCC[C@H](O)CCCCCCC)NC(=O)C[C@@H](CCCCCCC)OC(=O)CCC/C=C\CCCCCC.[Na+].[Na+]. The van der Waals surface area contributed by atoms with Crippen LogP contribution in [0.5, 0.6) is 0 Å². The summed E-state index contributed by atoms with van der Waals surface area (Å²) in [5.41, 5.74) is 0. The molecule has 8 atom stereocenters. The quantitative estimate of drug-likeness (QED) is 0.00825. The minimum absolute atomic E-state index is 0. The van der Waals surface area contributed by atoms with Gasteiger partial charge in [0.25, 0.3) is 15.6 Å². The van der Waals surface area contributed by atoms with Gasteiger partial charge in [0.2, 0.25) is 23.6 Å². The maximum Gasteiger partial charge on any atom is 1.00 e. The van der Waals surface area contributed by atoms with Crippen molar-refractivity contribution in [1.82, 2.24) is 21.3 Å². The molecule has 6 N–H and O–H groups in total. The standard InChI is InChI=1S/C77H146N4O20P2.CH4.2Na/c1-7-13-19-25-27-29-31-37-43-49-76(88)100-70(47-41-35-23-17-11-5)59-74(86)80-66(62-94-55-51-68(82)45-39-33-21-15-9-3)64-98-102(90,91)96-57-53-78-72(84)61-73(85)79-54-58-97-103(92,93)99-65-67(63-95-56-52-69(83)46-40-34-22-16-10-4)81-75(87)60-71(48-42-36-24-18-12-6)101-77(89)50-44-38-32-30-28-26-20-14-8-2;;;/h29-32,66-71,82-83H,7-28,33-65H2,1-6H3,(H,78,84)(H,79,85)(H,80,86)(H,81,87)(H,90,91)(H,92,93);1H4;;/q;;2*+1/p-2/b31-29-,32-30-;;;/t66?,67?,68-,69-,70-,71-;;;/m1.../s1. The monoisotopic (exact) mass is 1570 g/mol. The van der Waals surface area contributed by atoms with Gasteiger partial charge < -0.3 is 78.3 Å². The summed E-state index contributed by atoms with van der Waals surface area (Å²) in [5.74, 6) is -3.44. The summed E-state index contributed by atoms with van der Waals surface area (Å²) < 4.78 is 69.7. The van der Waals surface area contributed by atoms with Crippen LogP contribution in [0.15, 0.2) is 24.3 Å². The van der Waals surface area contributed by atoms with Gasteiger partial charge in [0, 0.05) is 39.1 Å². The molecule has 0 bridgehead atoms. The number of hydrogen-bond acceptors (Lipinski definition) is 20. The average molecular weight is 1570 g/mol. The zero-order valence-corrected chi connectivity index (χ0v) is 72.6. The molecule has 0 saturated heterocycles. The first-order valence-corrected chi connectivity index (χ1v) is 43.2. The number of phosphoric ester groups is 2. The molecule has 4 amide bonds. The van der Waals surface area contributed by atoms with Crippen molar-refractivity contribution in [2.75, 3.05) is 65.9 Å². The number of aliphatic hydroxyl groups is 2. The Morgan fingerprint density at radius 1 is 0.377 bits per heavy atom. The predicted molar refractivity (Wildman–Crippen MR) is 409 cm³/mol. The number of amides is 4. The van der Waals surface area contributed by atoms with E-state index in [-0.39, 0.29) is 132 Å². The van der Waals surface area contributed by atoms with E-state index in [4.69, 9.17) is 37.0 Å². The number of rotatable bonds is 76. The van der Waals surface area contributed by atoms with Crippen molar-refractivity contribution in [3.63, 3.8) is 0 Å². The van der Waals surface area contributed by atoms with Crippen molar-refractivity contribution in [3.05, 3.63) is 24.3 Å². The zero-order valence-electron chi connectivity index (χ0n) is 66.8. The van der Waals surface area contributed by atoms with E-state index in [1.807, 2.05) is 0 Å². The van der Waals surface area contributed by atoms with Gasteiger partial charge in [0.15, 0.2) is 0 Å². The van der Waals surface area contributed by atoms with Crippen LogP contribution in [-0.2, 0) is 74.9 Å². The van der Waals surface area contributed by atoms with Gasteiger partial charge in [-0.25, -0.2) is 0 Å². The number of ether oxygens (including phenoxy) is 4. The Kier molecular flexibility index (Phi) is 82.1. The first kappa shape index (κ1) is 111. The molecule has 24 nitrogen and oxygen atoms in total. The van der Waals surface area contributed by atoms with Crippen molar-refractivity contribution in [2.24, 2.45) is 0 Å². The molecule has 0 aliphatic heterocycles. The summed E-state index contributed by atoms with van der Waals surface area (Å²) in [5, 5.41) is 31.4. The smallest absolute Gasteiger partial charge is 0.756 e. The maximum atomic E-state index is 13.6. The van der Waals surface area contributed by atoms with Gasteiger partial charge in [-0.15, -0.1) is 0 Å². The van der Waals surface area contributed by atoms with Crippen LogP contribution < -0.4 is 90.2 Å². The van der Waals surface area contributed by atoms with Gasteiger partial charge in [-0.2, -0.15) is 0 Å². The largest absolute Gasteiger partial charge is 1.00 e. The van der Waals surface area contributed by atoms with E-state index in [9.17, 15) is 57.9 Å². The number of allylic oxidation sites excluding steroid dienone is 4. The molecule has 0 aromatic rings. The van der Waals surface area contributed by atoms with Gasteiger partial charge in [0.05, 0.1) is 76.8 Å². The van der Waals surface area contributed by atoms with Crippen molar-refractivity contribution < 1.29 is 154 Å². The summed E-state index contributed by atoms with van der Waals surface area (Å²) >= 11 is 0. The van der Waals surface area contributed by atoms with Crippen molar-refractivity contribution >= 4 is 51.2 Å². The average Bonchev–Trinajstić information content (AvgIpc) is 0.917. The molecule has 0 saturated carbocycles. The third-order valence-corrected chi connectivity index (χ3v) is 19.3. The van der Waals surface area contributed by atoms with E-state index in [0.29, 0.717) is 51.4 Å². The maximum absolute atomic E-state index is 13.6. The molecule has 106 heavy (non-hydrogen) atoms. The zero-order chi connectivity index (χ0) is 76.1. The van der Waals surface area contributed by atoms with E-state index < -0.39 is 121 Å². The molecule has 0 spiro atoms. The molecule has 0 fully saturated rings. The summed E-state index contributed by atoms with van der Waals surface area (Å²) in [4.78, 5) is 105. The third-order valence-electron chi connectivity index (χ3n) is 17.3. The Hall–Kier alpha value is -1.64. The Bertz CT molecular complexity index is 2120. The van der Waals surface area contributed by atoms with Crippen LogP contribution in [0.1, 0.15) is 338 Å². The number of hydrogen-bond donors (Lipinski definition) is 6. The van der Waals surface area contributed by atoms with Gasteiger partial charge >= 0.3 is 71.1 Å². The van der Waals surface area contributed by atoms with Crippen molar-refractivity contribution in [3.8, 4) is 0 Å². The van der Waals surface area contributed by atoms with E-state index >= 15 is 0 Å². The number of nitrogens with one attached hydrogen (secondary N) is 4. The summed E-state index contributed by atoms with van der Waals surface area (Å²) in [6.07, 6.45) is 42.2. The van der Waals surface area contributed by atoms with E-state index in [0.717, 1.165) is 167 Å². The van der Waals surface area contributed by atoms with Crippen LogP contribution in [0.2, 0.25) is 0 Å². The molecule has 0 rings (SSSR count). The predicted octanol–water partition coefficient (Wildman–Crippen LogP) is 9.20. The Labute approximate surface area is 686 Å². The number of carbonyl (C=O) groups is 6. The normalized spacial score (nSPS) is 14.3. The first-order valence-electron chi connectivity index (χ1n) is 40.2.